The van der Waals surface area contributed by atoms with Crippen LogP contribution in [0.5, 0.6) is 5.75 Å². The monoisotopic (exact) mass is 673 g/mol. The second kappa shape index (κ2) is 18.9. The first-order chi connectivity index (χ1) is 22.2. The quantitative estimate of drug-likeness (QED) is 0.124. The lowest BCUT2D eigenvalue weighted by atomic mass is 10.0. The molecule has 0 aliphatic heterocycles. The van der Waals surface area contributed by atoms with E-state index >= 15 is 0 Å². The molecule has 0 bridgehead atoms. The number of amides is 7. The van der Waals surface area contributed by atoms with Gasteiger partial charge in [-0.3, -0.25) is 24.6 Å². The molecule has 2 rings (SSSR count). The van der Waals surface area contributed by atoms with Gasteiger partial charge >= 0.3 is 12.1 Å². The summed E-state index contributed by atoms with van der Waals surface area (Å²) in [5, 5.41) is 19.9. The normalized spacial score (nSPS) is 12.8. The first-order valence-electron chi connectivity index (χ1n) is 14.7. The van der Waals surface area contributed by atoms with E-state index in [2.05, 4.69) is 26.7 Å². The molecule has 0 unspecified atom stereocenters. The highest BCUT2D eigenvalue weighted by atomic mass is 32.2. The minimum absolute atomic E-state index is 0.0279. The summed E-state index contributed by atoms with van der Waals surface area (Å²) in [7, 11) is 0. The number of hydrogen-bond acceptors (Lipinski definition) is 9. The molecule has 16 heteroatoms. The number of nitrogens with one attached hydrogen (secondary N) is 6. The van der Waals surface area contributed by atoms with Gasteiger partial charge in [0.05, 0.1) is 6.54 Å². The number of urea groups is 1. The number of hydrogen-bond donors (Lipinski definition) is 8. The summed E-state index contributed by atoms with van der Waals surface area (Å²) < 4.78 is 5.32. The largest absolute Gasteiger partial charge is 0.508 e. The fourth-order valence-corrected chi connectivity index (χ4v) is 4.58. The molecule has 0 aliphatic rings. The van der Waals surface area contributed by atoms with Crippen LogP contribution < -0.4 is 37.9 Å². The number of rotatable bonds is 15. The first-order valence-corrected chi connectivity index (χ1v) is 16.1. The molecule has 0 saturated heterocycles. The van der Waals surface area contributed by atoms with Gasteiger partial charge in [-0.15, -0.1) is 0 Å². The first kappa shape index (κ1) is 38.2. The maximum absolute atomic E-state index is 13.5. The van der Waals surface area contributed by atoms with Crippen molar-refractivity contribution in [2.75, 3.05) is 18.6 Å². The molecule has 47 heavy (non-hydrogen) atoms. The number of carbonyl (C=O) groups is 6. The van der Waals surface area contributed by atoms with Crippen molar-refractivity contribution in [1.29, 1.82) is 0 Å². The Labute approximate surface area is 277 Å². The number of primary amides is 1. The van der Waals surface area contributed by atoms with Crippen molar-refractivity contribution >= 4 is 47.5 Å². The van der Waals surface area contributed by atoms with Gasteiger partial charge in [0, 0.05) is 12.8 Å². The molecule has 0 heterocycles. The Kier molecular flexibility index (Phi) is 15.3. The van der Waals surface area contributed by atoms with Crippen LogP contribution in [0.3, 0.4) is 0 Å². The van der Waals surface area contributed by atoms with E-state index in [1.54, 1.807) is 63.2 Å². The van der Waals surface area contributed by atoms with Crippen LogP contribution in [-0.2, 0) is 36.8 Å². The van der Waals surface area contributed by atoms with Gasteiger partial charge in [0.15, 0.2) is 0 Å². The number of alkyl carbamates (subject to hydrolysis) is 1. The molecule has 0 radical (unpaired) electrons. The van der Waals surface area contributed by atoms with Crippen LogP contribution in [0, 0.1) is 0 Å². The Hall–Kier alpha value is -4.99. The molecular weight excluding hydrogens is 630 g/mol. The molecule has 2 aromatic rings. The molecule has 0 aliphatic carbocycles. The van der Waals surface area contributed by atoms with E-state index in [4.69, 9.17) is 10.5 Å². The number of phenols is 1. The zero-order valence-corrected chi connectivity index (χ0v) is 27.6. The molecule has 0 saturated carbocycles. The Morgan fingerprint density at radius 1 is 0.787 bits per heavy atom. The second-order valence-electron chi connectivity index (χ2n) is 11.4. The highest BCUT2D eigenvalue weighted by molar-refractivity contribution is 7.98. The predicted octanol–water partition coefficient (Wildman–Crippen LogP) is 0.609. The molecular formula is C31H43N7O8S. The van der Waals surface area contributed by atoms with Gasteiger partial charge < -0.3 is 36.8 Å². The average molecular weight is 674 g/mol. The number of thioether (sulfide) groups is 1. The minimum atomic E-state index is -1.14. The lowest BCUT2D eigenvalue weighted by Crippen LogP contribution is -2.57. The highest BCUT2D eigenvalue weighted by Gasteiger charge is 2.29. The van der Waals surface area contributed by atoms with Gasteiger partial charge in [-0.2, -0.15) is 11.8 Å². The third-order valence-corrected chi connectivity index (χ3v) is 6.94. The molecule has 256 valence electrons. The maximum Gasteiger partial charge on any atom is 0.408 e. The zero-order chi connectivity index (χ0) is 35.0. The van der Waals surface area contributed by atoms with Crippen molar-refractivity contribution in [3.8, 4) is 5.75 Å². The molecule has 9 N–H and O–H groups in total. The minimum Gasteiger partial charge on any atom is -0.508 e. The number of carbonyl (C=O) groups excluding carboxylic acids is 6. The fraction of sp³-hybridized carbons (Fsp3) is 0.419. The van der Waals surface area contributed by atoms with E-state index in [-0.39, 0.29) is 25.0 Å². The van der Waals surface area contributed by atoms with Crippen LogP contribution >= 0.6 is 11.8 Å². The van der Waals surface area contributed by atoms with Gasteiger partial charge in [-0.1, -0.05) is 42.5 Å². The molecule has 0 fully saturated rings. The van der Waals surface area contributed by atoms with E-state index < -0.39 is 66.0 Å². The summed E-state index contributed by atoms with van der Waals surface area (Å²) in [5.74, 6) is -2.27. The number of phenolic OH excluding ortho intramolecular Hbond substituents is 1. The van der Waals surface area contributed by atoms with E-state index in [1.807, 2.05) is 11.7 Å². The molecule has 15 nitrogen and oxygen atoms in total. The van der Waals surface area contributed by atoms with Gasteiger partial charge in [0.2, 0.25) is 17.7 Å². The molecule has 3 atom stereocenters. The van der Waals surface area contributed by atoms with E-state index in [1.165, 1.54) is 23.9 Å². The van der Waals surface area contributed by atoms with Crippen LogP contribution in [0.15, 0.2) is 54.6 Å². The van der Waals surface area contributed by atoms with E-state index in [9.17, 15) is 33.9 Å². The molecule has 0 spiro atoms. The summed E-state index contributed by atoms with van der Waals surface area (Å²) in [4.78, 5) is 75.8. The van der Waals surface area contributed by atoms with Crippen molar-refractivity contribution in [3.63, 3.8) is 0 Å². The van der Waals surface area contributed by atoms with Crippen molar-refractivity contribution in [2.24, 2.45) is 5.73 Å². The van der Waals surface area contributed by atoms with Gasteiger partial charge in [-0.05, 0) is 62.5 Å². The Morgan fingerprint density at radius 3 is 1.96 bits per heavy atom. The number of hydrazine groups is 1. The van der Waals surface area contributed by atoms with Gasteiger partial charge in [0.1, 0.15) is 29.5 Å². The van der Waals surface area contributed by atoms with E-state index in [0.717, 1.165) is 5.56 Å². The van der Waals surface area contributed by atoms with Crippen molar-refractivity contribution in [3.05, 3.63) is 65.7 Å². The summed E-state index contributed by atoms with van der Waals surface area (Å²) >= 11 is 1.44. The average Bonchev–Trinajstić information content (AvgIpc) is 3.00. The lowest BCUT2D eigenvalue weighted by Gasteiger charge is -2.25. The van der Waals surface area contributed by atoms with Gasteiger partial charge in [-0.25, -0.2) is 15.0 Å². The summed E-state index contributed by atoms with van der Waals surface area (Å²) in [6, 6.07) is 10.5. The Morgan fingerprint density at radius 2 is 1.38 bits per heavy atom. The summed E-state index contributed by atoms with van der Waals surface area (Å²) in [5.41, 5.74) is 9.63. The third kappa shape index (κ3) is 15.2. The SMILES string of the molecule is CSCC[C@@H](NC(=O)[C@H](Cc1ccc(O)cc1)NC(=O)OC(C)(C)C)C(=O)NCC(=O)N[C@@H](Cc1ccccc1)C(=O)NNC(N)=O. The maximum atomic E-state index is 13.5. The number of nitrogens with two attached hydrogens (primary N) is 1. The topological polar surface area (TPSA) is 230 Å². The Bertz CT molecular complexity index is 1370. The number of benzene rings is 2. The third-order valence-electron chi connectivity index (χ3n) is 6.29. The second-order valence-corrected chi connectivity index (χ2v) is 12.4. The van der Waals surface area contributed by atoms with Gasteiger partial charge in [0.25, 0.3) is 5.91 Å². The number of aromatic hydroxyl groups is 1. The van der Waals surface area contributed by atoms with Crippen LogP contribution in [0.1, 0.15) is 38.3 Å². The van der Waals surface area contributed by atoms with E-state index in [0.29, 0.717) is 11.3 Å². The highest BCUT2D eigenvalue weighted by Crippen LogP contribution is 2.13. The summed E-state index contributed by atoms with van der Waals surface area (Å²) in [6.45, 7) is 4.50. The van der Waals surface area contributed by atoms with Crippen molar-refractivity contribution in [1.82, 2.24) is 32.1 Å². The Balaban J connectivity index is 2.12. The summed E-state index contributed by atoms with van der Waals surface area (Å²) in [6.07, 6.45) is 1.30. The van der Waals surface area contributed by atoms with Crippen LogP contribution in [0.4, 0.5) is 9.59 Å². The molecule has 2 aromatic carbocycles. The van der Waals surface area contributed by atoms with Crippen LogP contribution in [0.2, 0.25) is 0 Å². The lowest BCUT2D eigenvalue weighted by molar-refractivity contribution is -0.132. The molecule has 7 amide bonds. The standard InChI is InChI=1S/C31H43N7O8S/c1-31(2,3)46-30(45)36-23(17-20-10-12-21(39)13-11-20)27(42)35-22(14-15-47-4)26(41)33-18-25(40)34-24(28(43)37-38-29(32)44)16-19-8-6-5-7-9-19/h5-13,22-24,39H,14-18H2,1-4H3,(H,33,41)(H,34,40)(H,35,42)(H,36,45)(H,37,43)(H3,32,38,44)/t22-,23+,24+/m1/s1. The smallest absolute Gasteiger partial charge is 0.408 e. The number of ether oxygens (including phenoxy) is 1. The van der Waals surface area contributed by atoms with Crippen molar-refractivity contribution in [2.45, 2.75) is 63.8 Å². The van der Waals surface area contributed by atoms with Crippen LogP contribution in [0.25, 0.3) is 0 Å². The van der Waals surface area contributed by atoms with Crippen LogP contribution in [-0.4, -0.2) is 83.1 Å². The van der Waals surface area contributed by atoms with Crippen molar-refractivity contribution < 1.29 is 38.6 Å². The predicted molar refractivity (Wildman–Crippen MR) is 176 cm³/mol. The zero-order valence-electron chi connectivity index (χ0n) is 26.8. The fourth-order valence-electron chi connectivity index (χ4n) is 4.11. The molecule has 0 aromatic heterocycles.